The molecule has 0 radical (unpaired) electrons. The SMILES string of the molecule is COc1ccc(C(OC[C@H]2O[C@@H](n3c(=O)[nH]c4c(=O)[nH]c(=O)[nH]c43)[C@H](O)[C@@H]2OP(OCCC#N)N(C(C)C)C(C)C)(c2ccccc2)c2ccc(OC)cc2)cc1. The third-order valence-corrected chi connectivity index (χ3v) is 11.8. The van der Waals surface area contributed by atoms with Crippen molar-refractivity contribution in [3.05, 3.63) is 127 Å². The molecule has 0 bridgehead atoms. The van der Waals surface area contributed by atoms with Crippen LogP contribution in [0, 0.1) is 11.3 Å². The highest BCUT2D eigenvalue weighted by atomic mass is 31.2. The van der Waals surface area contributed by atoms with Crippen molar-refractivity contribution in [1.82, 2.24) is 24.2 Å². The van der Waals surface area contributed by atoms with Crippen molar-refractivity contribution in [2.75, 3.05) is 27.4 Å². The monoisotopic (exact) mass is 802 g/mol. The number of ether oxygens (including phenoxy) is 4. The van der Waals surface area contributed by atoms with E-state index in [2.05, 4.69) is 21.0 Å². The maximum absolute atomic E-state index is 13.5. The Morgan fingerprint density at radius 1 is 0.877 bits per heavy atom. The summed E-state index contributed by atoms with van der Waals surface area (Å²) in [6, 6.07) is 26.5. The largest absolute Gasteiger partial charge is 0.497 e. The van der Waals surface area contributed by atoms with Gasteiger partial charge in [0.2, 0.25) is 0 Å². The smallest absolute Gasteiger partial charge is 0.330 e. The number of fused-ring (bicyclic) bond motifs is 1. The number of nitrogens with one attached hydrogen (secondary N) is 3. The summed E-state index contributed by atoms with van der Waals surface area (Å²) in [6.45, 7) is 7.76. The fourth-order valence-corrected chi connectivity index (χ4v) is 8.93. The zero-order chi connectivity index (χ0) is 40.9. The standard InChI is InChI=1S/C40H47N6O10P/c1-24(2)46(25(3)4)57(54-22-10-21-41)56-34-31(55-37(33(34)47)45-35-32(42-39(45)50)36(48)44-38(49)43-35)23-53-40(26-11-8-7-9-12-26,27-13-17-29(51-5)18-14-27)28-15-19-30(52-6)20-16-28/h7-9,11-20,24-25,31,33-34,37,47H,10,22-23H2,1-6H3,(H,42,50)(H2,43,44,48,49)/t31-,33-,34-,37-,57?/m1/s1. The molecule has 5 atom stereocenters. The van der Waals surface area contributed by atoms with Gasteiger partial charge >= 0.3 is 11.4 Å². The van der Waals surface area contributed by atoms with Gasteiger partial charge < -0.3 is 33.1 Å². The summed E-state index contributed by atoms with van der Waals surface area (Å²) in [4.78, 5) is 45.7. The maximum atomic E-state index is 13.5. The molecule has 3 aromatic carbocycles. The number of rotatable bonds is 17. The van der Waals surface area contributed by atoms with Gasteiger partial charge in [-0.15, -0.1) is 0 Å². The van der Waals surface area contributed by atoms with Crippen LogP contribution in [0.3, 0.4) is 0 Å². The van der Waals surface area contributed by atoms with Crippen LogP contribution in [0.15, 0.2) is 93.2 Å². The Labute approximate surface area is 329 Å². The first-order valence-electron chi connectivity index (χ1n) is 18.5. The van der Waals surface area contributed by atoms with Gasteiger partial charge in [-0.25, -0.2) is 18.8 Å². The normalized spacial score (nSPS) is 19.0. The highest BCUT2D eigenvalue weighted by molar-refractivity contribution is 7.44. The summed E-state index contributed by atoms with van der Waals surface area (Å²) < 4.78 is 40.7. The minimum absolute atomic E-state index is 0.0599. The predicted octanol–water partition coefficient (Wildman–Crippen LogP) is 4.65. The second-order valence-corrected chi connectivity index (χ2v) is 15.3. The van der Waals surface area contributed by atoms with Gasteiger partial charge in [-0.3, -0.25) is 19.7 Å². The Kier molecular flexibility index (Phi) is 13.1. The average Bonchev–Trinajstić information content (AvgIpc) is 3.69. The molecular weight excluding hydrogens is 755 g/mol. The molecule has 0 amide bonds. The van der Waals surface area contributed by atoms with Crippen LogP contribution in [0.4, 0.5) is 0 Å². The molecule has 5 aromatic rings. The number of methoxy groups -OCH3 is 2. The van der Waals surface area contributed by atoms with E-state index in [9.17, 15) is 24.8 Å². The number of nitrogens with zero attached hydrogens (tertiary/aromatic N) is 3. The number of aromatic nitrogens is 4. The Bertz CT molecular complexity index is 2260. The van der Waals surface area contributed by atoms with E-state index in [4.69, 9.17) is 28.0 Å². The third kappa shape index (κ3) is 8.46. The molecule has 57 heavy (non-hydrogen) atoms. The number of aromatic amines is 3. The minimum Gasteiger partial charge on any atom is -0.497 e. The first kappa shape index (κ1) is 41.5. The van der Waals surface area contributed by atoms with Crippen molar-refractivity contribution in [3.8, 4) is 17.6 Å². The van der Waals surface area contributed by atoms with Crippen LogP contribution in [-0.2, 0) is 24.1 Å². The lowest BCUT2D eigenvalue weighted by Gasteiger charge is -2.39. The Morgan fingerprint density at radius 2 is 1.46 bits per heavy atom. The van der Waals surface area contributed by atoms with Crippen LogP contribution in [0.5, 0.6) is 11.5 Å². The number of benzene rings is 3. The lowest BCUT2D eigenvalue weighted by Crippen LogP contribution is -2.42. The Balaban J connectivity index is 1.49. The zero-order valence-corrected chi connectivity index (χ0v) is 33.4. The van der Waals surface area contributed by atoms with Crippen molar-refractivity contribution >= 4 is 19.7 Å². The highest BCUT2D eigenvalue weighted by Crippen LogP contribution is 2.51. The average molecular weight is 803 g/mol. The lowest BCUT2D eigenvalue weighted by atomic mass is 9.80. The van der Waals surface area contributed by atoms with Crippen molar-refractivity contribution in [1.29, 1.82) is 5.26 Å². The van der Waals surface area contributed by atoms with Crippen LogP contribution in [-0.4, -0.2) is 87.1 Å². The fourth-order valence-electron chi connectivity index (χ4n) is 7.16. The fraction of sp³-hybridized carbons (Fsp3) is 0.400. The van der Waals surface area contributed by atoms with E-state index >= 15 is 0 Å². The number of imidazole rings is 1. The summed E-state index contributed by atoms with van der Waals surface area (Å²) in [6.07, 6.45) is -5.20. The van der Waals surface area contributed by atoms with E-state index in [1.165, 1.54) is 0 Å². The molecule has 302 valence electrons. The van der Waals surface area contributed by atoms with Gasteiger partial charge in [0.1, 0.15) is 35.4 Å². The summed E-state index contributed by atoms with van der Waals surface area (Å²) in [5.41, 5.74) is -1.91. The van der Waals surface area contributed by atoms with E-state index < -0.39 is 55.6 Å². The summed E-state index contributed by atoms with van der Waals surface area (Å²) >= 11 is 0. The quantitative estimate of drug-likeness (QED) is 0.0576. The second kappa shape index (κ2) is 18.0. The maximum Gasteiger partial charge on any atom is 0.330 e. The van der Waals surface area contributed by atoms with Crippen LogP contribution < -0.4 is 26.4 Å². The topological polar surface area (TPSA) is 206 Å². The first-order chi connectivity index (χ1) is 27.4. The Hall–Kier alpha value is -5.11. The van der Waals surface area contributed by atoms with Crippen molar-refractivity contribution in [2.24, 2.45) is 0 Å². The zero-order valence-electron chi connectivity index (χ0n) is 32.5. The first-order valence-corrected chi connectivity index (χ1v) is 19.6. The van der Waals surface area contributed by atoms with Gasteiger partial charge in [-0.05, 0) is 68.7 Å². The molecule has 0 saturated carbocycles. The number of nitriles is 1. The lowest BCUT2D eigenvalue weighted by molar-refractivity contribution is -0.0935. The van der Waals surface area contributed by atoms with Crippen LogP contribution in [0.2, 0.25) is 0 Å². The summed E-state index contributed by atoms with van der Waals surface area (Å²) in [5.74, 6) is 1.28. The van der Waals surface area contributed by atoms with Gasteiger partial charge in [0.15, 0.2) is 17.4 Å². The van der Waals surface area contributed by atoms with E-state index in [0.29, 0.717) is 11.5 Å². The number of aliphatic hydroxyl groups is 1. The number of aliphatic hydroxyl groups excluding tert-OH is 1. The molecule has 1 fully saturated rings. The Morgan fingerprint density at radius 3 is 2.00 bits per heavy atom. The van der Waals surface area contributed by atoms with Crippen molar-refractivity contribution in [2.45, 2.75) is 76.3 Å². The molecule has 17 heteroatoms. The van der Waals surface area contributed by atoms with Crippen LogP contribution in [0.1, 0.15) is 57.0 Å². The molecule has 16 nitrogen and oxygen atoms in total. The van der Waals surface area contributed by atoms with Crippen LogP contribution >= 0.6 is 8.53 Å². The molecule has 1 aliphatic rings. The number of H-pyrrole nitrogens is 3. The molecule has 1 unspecified atom stereocenters. The van der Waals surface area contributed by atoms with E-state index in [1.54, 1.807) is 14.2 Å². The molecule has 4 N–H and O–H groups in total. The molecule has 0 spiro atoms. The molecular formula is C40H47N6O10P. The molecule has 1 aliphatic heterocycles. The number of hydrogen-bond donors (Lipinski definition) is 4. The predicted molar refractivity (Wildman–Crippen MR) is 212 cm³/mol. The van der Waals surface area contributed by atoms with Gasteiger partial charge in [0, 0.05) is 12.1 Å². The summed E-state index contributed by atoms with van der Waals surface area (Å²) in [7, 11) is 1.23. The highest BCUT2D eigenvalue weighted by Gasteiger charge is 2.51. The van der Waals surface area contributed by atoms with Gasteiger partial charge in [-0.2, -0.15) is 5.26 Å². The minimum atomic E-state index is -1.94. The molecule has 0 aliphatic carbocycles. The molecule has 3 heterocycles. The second-order valence-electron chi connectivity index (χ2n) is 13.9. The molecule has 1 saturated heterocycles. The molecule has 2 aromatic heterocycles. The van der Waals surface area contributed by atoms with E-state index in [-0.39, 0.29) is 42.9 Å². The van der Waals surface area contributed by atoms with Crippen LogP contribution in [0.25, 0.3) is 11.2 Å². The third-order valence-electron chi connectivity index (χ3n) is 9.69. The summed E-state index contributed by atoms with van der Waals surface area (Å²) in [5, 5.41) is 21.5. The number of hydrogen-bond acceptors (Lipinski definition) is 12. The van der Waals surface area contributed by atoms with E-state index in [1.807, 2.05) is 111 Å². The molecule has 6 rings (SSSR count). The van der Waals surface area contributed by atoms with Gasteiger partial charge in [-0.1, -0.05) is 54.6 Å². The van der Waals surface area contributed by atoms with E-state index in [0.717, 1.165) is 21.3 Å². The van der Waals surface area contributed by atoms with Gasteiger partial charge in [0.25, 0.3) is 14.1 Å². The van der Waals surface area contributed by atoms with Crippen molar-refractivity contribution in [3.63, 3.8) is 0 Å². The van der Waals surface area contributed by atoms with Gasteiger partial charge in [0.05, 0.1) is 39.9 Å². The van der Waals surface area contributed by atoms with Crippen molar-refractivity contribution < 1.29 is 33.1 Å².